The van der Waals surface area contributed by atoms with Crippen molar-refractivity contribution in [2.75, 3.05) is 29.9 Å². The molecule has 0 unspecified atom stereocenters. The number of hydrogen-bond acceptors (Lipinski definition) is 8. The summed E-state index contributed by atoms with van der Waals surface area (Å²) in [7, 11) is 2.08. The molecule has 0 atom stereocenters. The minimum atomic E-state index is 0.360. The third kappa shape index (κ3) is 2.32. The number of pyridine rings is 1. The van der Waals surface area contributed by atoms with Crippen molar-refractivity contribution >= 4 is 28.2 Å². The summed E-state index contributed by atoms with van der Waals surface area (Å²) in [5.41, 5.74) is 1.62. The largest absolute Gasteiger partial charge is 0.352 e. The van der Waals surface area contributed by atoms with Gasteiger partial charge >= 0.3 is 0 Å². The smallest absolute Gasteiger partial charge is 0.177 e. The van der Waals surface area contributed by atoms with Crippen molar-refractivity contribution in [2.45, 2.75) is 13.0 Å². The summed E-state index contributed by atoms with van der Waals surface area (Å²) >= 11 is 0. The van der Waals surface area contributed by atoms with Crippen LogP contribution in [0.1, 0.15) is 5.82 Å². The van der Waals surface area contributed by atoms with Gasteiger partial charge in [-0.1, -0.05) is 0 Å². The number of anilines is 2. The van der Waals surface area contributed by atoms with E-state index in [9.17, 15) is 0 Å². The Morgan fingerprint density at radius 3 is 2.92 bits per heavy atom. The molecule has 0 amide bonds. The maximum atomic E-state index is 4.67. The van der Waals surface area contributed by atoms with Crippen molar-refractivity contribution in [1.82, 2.24) is 34.8 Å². The Hall–Kier alpha value is -3.36. The number of aromatic nitrogens is 7. The standard InChI is InChI=1S/C17H17N9/c1-11-20-14-7-18-6-5-13(14)17(21-11)24(2)12-8-25(9-12)16-4-3-15-22-19-10-26(15)23-16/h3-7,10,12H,8-9H2,1-2H3. The Labute approximate surface area is 149 Å². The Balaban J connectivity index is 1.39. The molecule has 4 aromatic rings. The van der Waals surface area contributed by atoms with Gasteiger partial charge in [0.05, 0.1) is 17.8 Å². The van der Waals surface area contributed by atoms with Crippen LogP contribution < -0.4 is 9.80 Å². The summed E-state index contributed by atoms with van der Waals surface area (Å²) in [6, 6.07) is 6.24. The third-order valence-corrected chi connectivity index (χ3v) is 4.81. The van der Waals surface area contributed by atoms with E-state index in [1.807, 2.05) is 25.1 Å². The predicted octanol–water partition coefficient (Wildman–Crippen LogP) is 1.10. The van der Waals surface area contributed by atoms with E-state index in [1.165, 1.54) is 0 Å². The Bertz CT molecular complexity index is 1100. The number of aryl methyl sites for hydroxylation is 1. The average Bonchev–Trinajstić information content (AvgIpc) is 3.07. The van der Waals surface area contributed by atoms with Crippen molar-refractivity contribution in [3.63, 3.8) is 0 Å². The van der Waals surface area contributed by atoms with Crippen LogP contribution in [-0.2, 0) is 0 Å². The van der Waals surface area contributed by atoms with E-state index in [-0.39, 0.29) is 0 Å². The summed E-state index contributed by atoms with van der Waals surface area (Å²) in [4.78, 5) is 17.8. The molecule has 1 fully saturated rings. The monoisotopic (exact) mass is 347 g/mol. The quantitative estimate of drug-likeness (QED) is 0.544. The zero-order chi connectivity index (χ0) is 17.7. The first kappa shape index (κ1) is 14.9. The van der Waals surface area contributed by atoms with E-state index in [0.29, 0.717) is 6.04 Å². The lowest BCUT2D eigenvalue weighted by Crippen LogP contribution is -2.59. The molecule has 0 bridgehead atoms. The molecule has 1 aliphatic rings. The zero-order valence-corrected chi connectivity index (χ0v) is 14.5. The van der Waals surface area contributed by atoms with Crippen molar-refractivity contribution in [3.05, 3.63) is 42.7 Å². The number of rotatable bonds is 3. The Morgan fingerprint density at radius 1 is 1.15 bits per heavy atom. The Kier molecular flexibility index (Phi) is 3.21. The molecule has 0 saturated carbocycles. The summed E-state index contributed by atoms with van der Waals surface area (Å²) in [6.07, 6.45) is 5.18. The summed E-state index contributed by atoms with van der Waals surface area (Å²) in [6.45, 7) is 3.68. The van der Waals surface area contributed by atoms with Crippen LogP contribution in [0.4, 0.5) is 11.6 Å². The molecule has 5 heterocycles. The fourth-order valence-electron chi connectivity index (χ4n) is 3.29. The molecular weight excluding hydrogens is 330 g/mol. The van der Waals surface area contributed by atoms with Gasteiger partial charge in [0.15, 0.2) is 5.65 Å². The summed E-state index contributed by atoms with van der Waals surface area (Å²) < 4.78 is 1.70. The lowest BCUT2D eigenvalue weighted by atomic mass is 10.1. The highest BCUT2D eigenvalue weighted by atomic mass is 15.4. The van der Waals surface area contributed by atoms with Crippen molar-refractivity contribution in [3.8, 4) is 0 Å². The van der Waals surface area contributed by atoms with Crippen LogP contribution in [0.25, 0.3) is 16.6 Å². The van der Waals surface area contributed by atoms with Crippen molar-refractivity contribution in [2.24, 2.45) is 0 Å². The van der Waals surface area contributed by atoms with E-state index < -0.39 is 0 Å². The van der Waals surface area contributed by atoms with Gasteiger partial charge in [-0.2, -0.15) is 4.52 Å². The van der Waals surface area contributed by atoms with Crippen molar-refractivity contribution in [1.29, 1.82) is 0 Å². The second-order valence-corrected chi connectivity index (χ2v) is 6.48. The first-order valence-electron chi connectivity index (χ1n) is 8.42. The zero-order valence-electron chi connectivity index (χ0n) is 14.5. The van der Waals surface area contributed by atoms with Crippen LogP contribution in [-0.4, -0.2) is 60.9 Å². The molecule has 5 rings (SSSR count). The van der Waals surface area contributed by atoms with Gasteiger partial charge in [-0.05, 0) is 25.1 Å². The predicted molar refractivity (Wildman–Crippen MR) is 97.3 cm³/mol. The fourth-order valence-corrected chi connectivity index (χ4v) is 3.29. The molecule has 9 heteroatoms. The summed E-state index contributed by atoms with van der Waals surface area (Å²) in [5, 5.41) is 13.4. The highest BCUT2D eigenvalue weighted by molar-refractivity contribution is 5.89. The SMILES string of the molecule is Cc1nc(N(C)C2CN(c3ccc4nncn4n3)C2)c2ccncc2n1. The molecule has 1 aliphatic heterocycles. The number of fused-ring (bicyclic) bond motifs is 2. The first-order valence-corrected chi connectivity index (χ1v) is 8.42. The third-order valence-electron chi connectivity index (χ3n) is 4.81. The minimum absolute atomic E-state index is 0.360. The molecular formula is C17H17N9. The van der Waals surface area contributed by atoms with Gasteiger partial charge in [-0.25, -0.2) is 9.97 Å². The van der Waals surface area contributed by atoms with Gasteiger partial charge in [0.2, 0.25) is 0 Å². The molecule has 9 nitrogen and oxygen atoms in total. The summed E-state index contributed by atoms with van der Waals surface area (Å²) in [5.74, 6) is 2.62. The van der Waals surface area contributed by atoms with Gasteiger partial charge < -0.3 is 9.80 Å². The van der Waals surface area contributed by atoms with Crippen LogP contribution in [0.3, 0.4) is 0 Å². The van der Waals surface area contributed by atoms with Gasteiger partial charge in [0, 0.05) is 31.7 Å². The van der Waals surface area contributed by atoms with Crippen molar-refractivity contribution < 1.29 is 0 Å². The van der Waals surface area contributed by atoms with Gasteiger partial charge in [0.1, 0.15) is 23.8 Å². The van der Waals surface area contributed by atoms with E-state index >= 15 is 0 Å². The Morgan fingerprint density at radius 2 is 2.04 bits per heavy atom. The molecule has 130 valence electrons. The fraction of sp³-hybridized carbons (Fsp3) is 0.294. The maximum Gasteiger partial charge on any atom is 0.177 e. The molecule has 1 saturated heterocycles. The number of nitrogens with zero attached hydrogens (tertiary/aromatic N) is 9. The second kappa shape index (κ2) is 5.58. The lowest BCUT2D eigenvalue weighted by Gasteiger charge is -2.45. The molecule has 0 aliphatic carbocycles. The van der Waals surface area contributed by atoms with Crippen LogP contribution in [0.5, 0.6) is 0 Å². The highest BCUT2D eigenvalue weighted by Crippen LogP contribution is 2.28. The molecule has 0 N–H and O–H groups in total. The van der Waals surface area contributed by atoms with Gasteiger partial charge in [0.25, 0.3) is 0 Å². The van der Waals surface area contributed by atoms with Crippen LogP contribution in [0, 0.1) is 6.92 Å². The molecule has 4 aromatic heterocycles. The van der Waals surface area contributed by atoms with E-state index in [1.54, 1.807) is 23.2 Å². The number of likely N-dealkylation sites (N-methyl/N-ethyl adjacent to an activating group) is 1. The van der Waals surface area contributed by atoms with E-state index in [2.05, 4.69) is 47.1 Å². The van der Waals surface area contributed by atoms with Gasteiger partial charge in [-0.15, -0.1) is 15.3 Å². The van der Waals surface area contributed by atoms with Crippen LogP contribution in [0.15, 0.2) is 36.9 Å². The van der Waals surface area contributed by atoms with Crippen LogP contribution in [0.2, 0.25) is 0 Å². The van der Waals surface area contributed by atoms with Crippen LogP contribution >= 0.6 is 0 Å². The average molecular weight is 347 g/mol. The molecule has 0 aromatic carbocycles. The normalized spacial score (nSPS) is 14.8. The molecule has 0 spiro atoms. The first-order chi connectivity index (χ1) is 12.7. The van der Waals surface area contributed by atoms with E-state index in [4.69, 9.17) is 0 Å². The number of hydrogen-bond donors (Lipinski definition) is 0. The maximum absolute atomic E-state index is 4.67. The molecule has 26 heavy (non-hydrogen) atoms. The second-order valence-electron chi connectivity index (χ2n) is 6.48. The topological polar surface area (TPSA) is 88.2 Å². The molecule has 0 radical (unpaired) electrons. The lowest BCUT2D eigenvalue weighted by molar-refractivity contribution is 0.487. The minimum Gasteiger partial charge on any atom is -0.352 e. The highest BCUT2D eigenvalue weighted by Gasteiger charge is 2.32. The van der Waals surface area contributed by atoms with E-state index in [0.717, 1.165) is 47.1 Å². The van der Waals surface area contributed by atoms with Gasteiger partial charge in [-0.3, -0.25) is 4.98 Å².